The van der Waals surface area contributed by atoms with E-state index in [0.29, 0.717) is 10.8 Å². The second-order valence-corrected chi connectivity index (χ2v) is 4.30. The van der Waals surface area contributed by atoms with Gasteiger partial charge in [-0.3, -0.25) is 0 Å². The van der Waals surface area contributed by atoms with E-state index in [1.165, 1.54) is 0 Å². The van der Waals surface area contributed by atoms with Gasteiger partial charge in [0.05, 0.1) is 18.3 Å². The molecule has 0 spiro atoms. The Labute approximate surface area is 105 Å². The molecule has 0 amide bonds. The number of methoxy groups -OCH3 is 1. The SMILES string of the molecule is COc1ccc2nc(C)c(OC(C)=S)cc2c1. The van der Waals surface area contributed by atoms with E-state index in [2.05, 4.69) is 4.98 Å². The van der Waals surface area contributed by atoms with Crippen molar-refractivity contribution in [3.05, 3.63) is 30.0 Å². The third kappa shape index (κ3) is 2.53. The van der Waals surface area contributed by atoms with E-state index in [4.69, 9.17) is 21.7 Å². The van der Waals surface area contributed by atoms with Crippen molar-refractivity contribution < 1.29 is 9.47 Å². The quantitative estimate of drug-likeness (QED) is 0.762. The van der Waals surface area contributed by atoms with Gasteiger partial charge in [0.2, 0.25) is 0 Å². The molecule has 0 atom stereocenters. The van der Waals surface area contributed by atoms with Crippen molar-refractivity contribution in [2.75, 3.05) is 7.11 Å². The second-order valence-electron chi connectivity index (χ2n) is 3.72. The largest absolute Gasteiger partial charge is 0.497 e. The van der Waals surface area contributed by atoms with E-state index in [9.17, 15) is 0 Å². The zero-order chi connectivity index (χ0) is 12.4. The molecule has 4 heteroatoms. The van der Waals surface area contributed by atoms with Crippen LogP contribution in [0.4, 0.5) is 0 Å². The van der Waals surface area contributed by atoms with Gasteiger partial charge in [-0.05, 0) is 43.4 Å². The van der Waals surface area contributed by atoms with Gasteiger partial charge in [0.15, 0.2) is 5.05 Å². The highest BCUT2D eigenvalue weighted by molar-refractivity contribution is 7.80. The van der Waals surface area contributed by atoms with E-state index in [0.717, 1.165) is 22.3 Å². The van der Waals surface area contributed by atoms with Crippen molar-refractivity contribution in [1.82, 2.24) is 4.98 Å². The minimum atomic E-state index is 0.483. The first-order chi connectivity index (χ1) is 8.10. The van der Waals surface area contributed by atoms with E-state index >= 15 is 0 Å². The van der Waals surface area contributed by atoms with Crippen molar-refractivity contribution in [3.63, 3.8) is 0 Å². The average molecular weight is 247 g/mol. The molecule has 0 N–H and O–H groups in total. The molecule has 1 aromatic heterocycles. The van der Waals surface area contributed by atoms with Gasteiger partial charge in [0, 0.05) is 12.3 Å². The summed E-state index contributed by atoms with van der Waals surface area (Å²) in [5.74, 6) is 1.49. The van der Waals surface area contributed by atoms with Crippen molar-refractivity contribution in [1.29, 1.82) is 0 Å². The van der Waals surface area contributed by atoms with E-state index in [1.807, 2.05) is 31.2 Å². The maximum atomic E-state index is 5.45. The summed E-state index contributed by atoms with van der Waals surface area (Å²) in [5.41, 5.74) is 1.74. The van der Waals surface area contributed by atoms with Crippen LogP contribution in [0.25, 0.3) is 10.9 Å². The summed E-state index contributed by atoms with van der Waals surface area (Å²) in [5, 5.41) is 1.46. The molecule has 0 aliphatic carbocycles. The van der Waals surface area contributed by atoms with Crippen molar-refractivity contribution in [3.8, 4) is 11.5 Å². The van der Waals surface area contributed by atoms with Crippen LogP contribution in [-0.4, -0.2) is 17.1 Å². The number of hydrogen-bond acceptors (Lipinski definition) is 4. The lowest BCUT2D eigenvalue weighted by Crippen LogP contribution is -2.01. The molecule has 17 heavy (non-hydrogen) atoms. The summed E-state index contributed by atoms with van der Waals surface area (Å²) in [6.07, 6.45) is 0. The zero-order valence-electron chi connectivity index (χ0n) is 9.98. The first-order valence-corrected chi connectivity index (χ1v) is 5.65. The van der Waals surface area contributed by atoms with Crippen molar-refractivity contribution >= 4 is 28.2 Å². The highest BCUT2D eigenvalue weighted by atomic mass is 32.1. The molecule has 0 bridgehead atoms. The van der Waals surface area contributed by atoms with Gasteiger partial charge in [-0.25, -0.2) is 4.98 Å². The number of aromatic nitrogens is 1. The van der Waals surface area contributed by atoms with E-state index < -0.39 is 0 Å². The first-order valence-electron chi connectivity index (χ1n) is 5.24. The summed E-state index contributed by atoms with van der Waals surface area (Å²) in [6, 6.07) is 7.66. The fraction of sp³-hybridized carbons (Fsp3) is 0.231. The topological polar surface area (TPSA) is 31.4 Å². The standard InChI is InChI=1S/C13H13NO2S/c1-8-13(16-9(2)17)7-10-6-11(15-3)4-5-12(10)14-8/h4-7H,1-3H3. The highest BCUT2D eigenvalue weighted by Crippen LogP contribution is 2.25. The maximum absolute atomic E-state index is 5.45. The van der Waals surface area contributed by atoms with Gasteiger partial charge < -0.3 is 9.47 Å². The lowest BCUT2D eigenvalue weighted by molar-refractivity contribution is 0.415. The number of nitrogens with zero attached hydrogens (tertiary/aromatic N) is 1. The normalized spacial score (nSPS) is 10.3. The van der Waals surface area contributed by atoms with Gasteiger partial charge in [-0.2, -0.15) is 0 Å². The molecule has 1 heterocycles. The fourth-order valence-electron chi connectivity index (χ4n) is 1.62. The molecular formula is C13H13NO2S. The molecule has 0 saturated heterocycles. The monoisotopic (exact) mass is 247 g/mol. The minimum absolute atomic E-state index is 0.483. The predicted octanol–water partition coefficient (Wildman–Crippen LogP) is 3.28. The van der Waals surface area contributed by atoms with Crippen LogP contribution in [0.3, 0.4) is 0 Å². The van der Waals surface area contributed by atoms with E-state index in [-0.39, 0.29) is 0 Å². The minimum Gasteiger partial charge on any atom is -0.497 e. The van der Waals surface area contributed by atoms with Crippen LogP contribution in [0, 0.1) is 6.92 Å². The lowest BCUT2D eigenvalue weighted by Gasteiger charge is -2.08. The van der Waals surface area contributed by atoms with Crippen LogP contribution in [-0.2, 0) is 0 Å². The zero-order valence-corrected chi connectivity index (χ0v) is 10.8. The molecule has 2 rings (SSSR count). The van der Waals surface area contributed by atoms with Crippen LogP contribution in [0.5, 0.6) is 11.5 Å². The number of pyridine rings is 1. The molecule has 0 radical (unpaired) electrons. The number of aryl methyl sites for hydroxylation is 1. The predicted molar refractivity (Wildman–Crippen MR) is 71.9 cm³/mol. The van der Waals surface area contributed by atoms with Crippen LogP contribution < -0.4 is 9.47 Å². The number of hydrogen-bond donors (Lipinski definition) is 0. The number of benzene rings is 1. The summed E-state index contributed by atoms with van der Waals surface area (Å²) in [7, 11) is 1.64. The Kier molecular flexibility index (Phi) is 3.24. The smallest absolute Gasteiger partial charge is 0.164 e. The molecule has 0 saturated carbocycles. The maximum Gasteiger partial charge on any atom is 0.164 e. The van der Waals surface area contributed by atoms with Crippen molar-refractivity contribution in [2.24, 2.45) is 0 Å². The Balaban J connectivity index is 2.55. The molecule has 0 unspecified atom stereocenters. The summed E-state index contributed by atoms with van der Waals surface area (Å²) >= 11 is 4.93. The Morgan fingerprint density at radius 1 is 1.29 bits per heavy atom. The van der Waals surface area contributed by atoms with Gasteiger partial charge in [-0.1, -0.05) is 0 Å². The average Bonchev–Trinajstić information content (AvgIpc) is 2.29. The summed E-state index contributed by atoms with van der Waals surface area (Å²) < 4.78 is 10.6. The number of rotatable bonds is 2. The van der Waals surface area contributed by atoms with Crippen molar-refractivity contribution in [2.45, 2.75) is 13.8 Å². The Bertz CT molecular complexity index is 581. The third-order valence-electron chi connectivity index (χ3n) is 2.42. The highest BCUT2D eigenvalue weighted by Gasteiger charge is 2.06. The molecule has 2 aromatic rings. The number of thiocarbonyl (C=S) groups is 1. The summed E-state index contributed by atoms with van der Waals surface area (Å²) in [6.45, 7) is 3.64. The van der Waals surface area contributed by atoms with Crippen LogP contribution in [0.2, 0.25) is 0 Å². The fourth-order valence-corrected chi connectivity index (χ4v) is 1.71. The van der Waals surface area contributed by atoms with Gasteiger partial charge in [0.1, 0.15) is 11.5 Å². The van der Waals surface area contributed by atoms with Crippen LogP contribution in [0.15, 0.2) is 24.3 Å². The van der Waals surface area contributed by atoms with E-state index in [1.54, 1.807) is 14.0 Å². The first kappa shape index (κ1) is 11.8. The Hall–Kier alpha value is -1.68. The summed E-state index contributed by atoms with van der Waals surface area (Å²) in [4.78, 5) is 4.46. The lowest BCUT2D eigenvalue weighted by atomic mass is 10.2. The second kappa shape index (κ2) is 4.67. The Morgan fingerprint density at radius 3 is 2.71 bits per heavy atom. The molecule has 3 nitrogen and oxygen atoms in total. The van der Waals surface area contributed by atoms with Crippen LogP contribution >= 0.6 is 12.2 Å². The third-order valence-corrected chi connectivity index (χ3v) is 2.50. The number of ether oxygens (including phenoxy) is 2. The molecule has 0 aliphatic heterocycles. The van der Waals surface area contributed by atoms with Gasteiger partial charge in [-0.15, -0.1) is 0 Å². The number of fused-ring (bicyclic) bond motifs is 1. The molecule has 1 aromatic carbocycles. The van der Waals surface area contributed by atoms with Gasteiger partial charge in [0.25, 0.3) is 0 Å². The molecule has 0 fully saturated rings. The van der Waals surface area contributed by atoms with Crippen LogP contribution in [0.1, 0.15) is 12.6 Å². The molecule has 0 aliphatic rings. The Morgan fingerprint density at radius 2 is 2.06 bits per heavy atom. The molecule has 88 valence electrons. The molecular weight excluding hydrogens is 234 g/mol. The van der Waals surface area contributed by atoms with Gasteiger partial charge >= 0.3 is 0 Å².